The van der Waals surface area contributed by atoms with Crippen molar-refractivity contribution >= 4 is 59.9 Å². The van der Waals surface area contributed by atoms with Crippen LogP contribution in [0, 0.1) is 0 Å². The van der Waals surface area contributed by atoms with E-state index in [1.165, 1.54) is 11.8 Å². The lowest BCUT2D eigenvalue weighted by Crippen LogP contribution is -2.59. The van der Waals surface area contributed by atoms with Crippen LogP contribution in [0.5, 0.6) is 0 Å². The van der Waals surface area contributed by atoms with Gasteiger partial charge < -0.3 is 25.8 Å². The van der Waals surface area contributed by atoms with Gasteiger partial charge in [0.1, 0.15) is 23.7 Å². The Bertz CT molecular complexity index is 1740. The molecule has 0 bridgehead atoms. The molecule has 0 aliphatic carbocycles. The molecule has 4 aromatic carbocycles. The molecule has 53 heavy (non-hydrogen) atoms. The van der Waals surface area contributed by atoms with Crippen molar-refractivity contribution in [1.29, 1.82) is 0 Å². The smallest absolute Gasteiger partial charge is 0.408 e. The van der Waals surface area contributed by atoms with Crippen molar-refractivity contribution in [2.45, 2.75) is 74.3 Å². The van der Waals surface area contributed by atoms with Crippen LogP contribution in [0.1, 0.15) is 56.9 Å². The molecule has 0 spiro atoms. The molecule has 3 amide bonds. The molecule has 0 heterocycles. The molecule has 9 nitrogen and oxygen atoms in total. The number of thiol groups is 1. The van der Waals surface area contributed by atoms with Crippen LogP contribution in [-0.4, -0.2) is 63.2 Å². The number of carboxylic acids is 1. The number of alkyl carbamates (subject to hydrolysis) is 1. The molecule has 4 N–H and O–H groups in total. The molecule has 0 radical (unpaired) electrons. The molecule has 0 aliphatic rings. The van der Waals surface area contributed by atoms with Crippen molar-refractivity contribution in [3.63, 3.8) is 0 Å². The summed E-state index contributed by atoms with van der Waals surface area (Å²) in [4.78, 5) is 53.7. The van der Waals surface area contributed by atoms with Crippen LogP contribution in [-0.2, 0) is 30.3 Å². The number of thioether (sulfide) groups is 1. The van der Waals surface area contributed by atoms with Gasteiger partial charge in [0.25, 0.3) is 0 Å². The minimum atomic E-state index is -1.38. The molecule has 0 saturated heterocycles. The number of carbonyl (C=O) groups excluding carboxylic acids is 3. The Morgan fingerprint density at radius 3 is 1.57 bits per heavy atom. The lowest BCUT2D eigenvalue weighted by molar-refractivity contribution is -0.143. The normalized spacial score (nSPS) is 13.6. The first-order chi connectivity index (χ1) is 25.0. The summed E-state index contributed by atoms with van der Waals surface area (Å²) in [6.45, 7) is 8.29. The fraction of sp³-hybridized carbons (Fsp3) is 0.317. The van der Waals surface area contributed by atoms with E-state index in [0.29, 0.717) is 10.6 Å². The molecular weight excluding hydrogens is 730 g/mol. The first-order valence-corrected chi connectivity index (χ1v) is 18.9. The lowest BCUT2D eigenvalue weighted by atomic mass is 9.84. The molecule has 0 fully saturated rings. The second kappa shape index (κ2) is 18.1. The first-order valence-electron chi connectivity index (χ1n) is 17.1. The maximum Gasteiger partial charge on any atom is 0.408 e. The van der Waals surface area contributed by atoms with E-state index in [0.717, 1.165) is 16.7 Å². The second-order valence-electron chi connectivity index (χ2n) is 14.1. The van der Waals surface area contributed by atoms with Gasteiger partial charge in [0, 0.05) is 21.9 Å². The SMILES string of the molecule is CC(C)(C)OC(=O)N[C@@H](CSC(c1ccccc1)(c1ccccc1)c1ccccc1)C(=O)N[C@H](Cc1ccc(Cl)cc1)C(=O)N[C@@H](C(=O)O)C(C)(C)S. The van der Waals surface area contributed by atoms with Crippen molar-refractivity contribution in [2.75, 3.05) is 5.75 Å². The number of hydrogen-bond donors (Lipinski definition) is 5. The number of nitrogens with one attached hydrogen (secondary N) is 3. The largest absolute Gasteiger partial charge is 0.480 e. The van der Waals surface area contributed by atoms with Crippen molar-refractivity contribution in [3.05, 3.63) is 143 Å². The van der Waals surface area contributed by atoms with Crippen molar-refractivity contribution in [3.8, 4) is 0 Å². The van der Waals surface area contributed by atoms with Crippen molar-refractivity contribution < 1.29 is 29.0 Å². The van der Waals surface area contributed by atoms with Crippen LogP contribution in [0.2, 0.25) is 5.02 Å². The Kier molecular flexibility index (Phi) is 14.1. The summed E-state index contributed by atoms with van der Waals surface area (Å²) in [5, 5.41) is 18.5. The fourth-order valence-electron chi connectivity index (χ4n) is 5.73. The molecule has 0 aliphatic heterocycles. The highest BCUT2D eigenvalue weighted by Gasteiger charge is 2.40. The van der Waals surface area contributed by atoms with E-state index in [1.807, 2.05) is 91.0 Å². The Morgan fingerprint density at radius 1 is 0.698 bits per heavy atom. The summed E-state index contributed by atoms with van der Waals surface area (Å²) in [6, 6.07) is 32.6. The Labute approximate surface area is 326 Å². The second-order valence-corrected chi connectivity index (χ2v) is 16.9. The van der Waals surface area contributed by atoms with Crippen molar-refractivity contribution in [2.24, 2.45) is 0 Å². The lowest BCUT2D eigenvalue weighted by Gasteiger charge is -2.36. The Balaban J connectivity index is 1.76. The highest BCUT2D eigenvalue weighted by molar-refractivity contribution is 8.00. The van der Waals surface area contributed by atoms with Gasteiger partial charge in [-0.15, -0.1) is 11.8 Å². The Morgan fingerprint density at radius 2 is 1.15 bits per heavy atom. The molecule has 4 aromatic rings. The molecule has 280 valence electrons. The molecular formula is C41H46ClN3O6S2. The zero-order valence-electron chi connectivity index (χ0n) is 30.3. The third-order valence-electron chi connectivity index (χ3n) is 8.24. The standard InChI is InChI=1S/C41H46ClN3O6S2/c1-39(2,3)51-38(50)44-33(26-53-41(28-15-9-6-10-16-28,29-17-11-7-12-18-29)30-19-13-8-14-20-30)36(47)43-32(25-27-21-23-31(42)24-22-27)35(46)45-34(37(48)49)40(4,5)52/h6-24,32-34,52H,25-26H2,1-5H3,(H,43,47)(H,44,50)(H,45,46)(H,48,49)/t32-,33+,34+/m1/s1. The summed E-state index contributed by atoms with van der Waals surface area (Å²) in [6.07, 6.45) is -0.813. The van der Waals surface area contributed by atoms with Crippen LogP contribution in [0.3, 0.4) is 0 Å². The van der Waals surface area contributed by atoms with Crippen molar-refractivity contribution in [1.82, 2.24) is 16.0 Å². The van der Waals surface area contributed by atoms with Crippen LogP contribution < -0.4 is 16.0 Å². The maximum absolute atomic E-state index is 14.4. The van der Waals surface area contributed by atoms with Gasteiger partial charge in [0.2, 0.25) is 11.8 Å². The van der Waals surface area contributed by atoms with E-state index in [-0.39, 0.29) is 12.2 Å². The van der Waals surface area contributed by atoms with E-state index in [9.17, 15) is 24.3 Å². The average molecular weight is 776 g/mol. The summed E-state index contributed by atoms with van der Waals surface area (Å²) in [5.41, 5.74) is 2.66. The molecule has 12 heteroatoms. The number of rotatable bonds is 15. The zero-order chi connectivity index (χ0) is 38.8. The molecule has 3 atom stereocenters. The van der Waals surface area contributed by atoms with E-state index in [2.05, 4.69) is 28.6 Å². The van der Waals surface area contributed by atoms with E-state index < -0.39 is 57.1 Å². The van der Waals surface area contributed by atoms with Gasteiger partial charge in [-0.25, -0.2) is 9.59 Å². The summed E-state index contributed by atoms with van der Waals surface area (Å²) < 4.78 is 3.61. The van der Waals surface area contributed by atoms with Crippen LogP contribution in [0.25, 0.3) is 0 Å². The number of carboxylic acid groups (broad SMARTS) is 1. The van der Waals surface area contributed by atoms with E-state index in [4.69, 9.17) is 16.3 Å². The van der Waals surface area contributed by atoms with Gasteiger partial charge in [-0.1, -0.05) is 115 Å². The number of benzene rings is 4. The monoisotopic (exact) mass is 775 g/mol. The van der Waals surface area contributed by atoms with Gasteiger partial charge in [-0.2, -0.15) is 12.6 Å². The van der Waals surface area contributed by atoms with E-state index >= 15 is 0 Å². The number of halogens is 1. The minimum Gasteiger partial charge on any atom is -0.480 e. The van der Waals surface area contributed by atoms with Crippen LogP contribution in [0.15, 0.2) is 115 Å². The average Bonchev–Trinajstić information content (AvgIpc) is 3.10. The van der Waals surface area contributed by atoms with Gasteiger partial charge in [-0.05, 0) is 69.0 Å². The fourth-order valence-corrected chi connectivity index (χ4v) is 7.59. The van der Waals surface area contributed by atoms with E-state index in [1.54, 1.807) is 58.9 Å². The number of carbonyl (C=O) groups is 4. The molecule has 0 saturated carbocycles. The number of amides is 3. The predicted octanol–water partition coefficient (Wildman–Crippen LogP) is 7.26. The van der Waals surface area contributed by atoms with Gasteiger partial charge >= 0.3 is 12.1 Å². The Hall–Kier alpha value is -4.45. The number of aliphatic carboxylic acids is 1. The maximum atomic E-state index is 14.4. The van der Waals surface area contributed by atoms with Crippen LogP contribution >= 0.6 is 36.0 Å². The molecule has 4 rings (SSSR count). The minimum absolute atomic E-state index is 0.00235. The highest BCUT2D eigenvalue weighted by atomic mass is 35.5. The third kappa shape index (κ3) is 11.5. The highest BCUT2D eigenvalue weighted by Crippen LogP contribution is 2.48. The first kappa shape index (κ1) is 41.3. The third-order valence-corrected chi connectivity index (χ3v) is 10.4. The van der Waals surface area contributed by atoms with Gasteiger partial charge in [-0.3, -0.25) is 9.59 Å². The quantitative estimate of drug-likeness (QED) is 0.0634. The number of ether oxygens (including phenoxy) is 1. The summed E-state index contributed by atoms with van der Waals surface area (Å²) >= 11 is 12.0. The number of hydrogen-bond acceptors (Lipinski definition) is 7. The van der Waals surface area contributed by atoms with Crippen LogP contribution in [0.4, 0.5) is 4.79 Å². The zero-order valence-corrected chi connectivity index (χ0v) is 32.8. The topological polar surface area (TPSA) is 134 Å². The molecule has 0 unspecified atom stereocenters. The predicted molar refractivity (Wildman–Crippen MR) is 215 cm³/mol. The van der Waals surface area contributed by atoms with Gasteiger partial charge in [0.05, 0.1) is 4.75 Å². The van der Waals surface area contributed by atoms with Gasteiger partial charge in [0.15, 0.2) is 0 Å². The summed E-state index contributed by atoms with van der Waals surface area (Å²) in [7, 11) is 0. The summed E-state index contributed by atoms with van der Waals surface area (Å²) in [5.74, 6) is -2.65. The molecule has 0 aromatic heterocycles.